The van der Waals surface area contributed by atoms with Crippen LogP contribution in [0.3, 0.4) is 0 Å². The van der Waals surface area contributed by atoms with Crippen LogP contribution >= 0.6 is 0 Å². The highest BCUT2D eigenvalue weighted by atomic mass is 16.1. The van der Waals surface area contributed by atoms with E-state index in [-0.39, 0.29) is 0 Å². The molecule has 1 nitrogen and oxygen atoms in total. The van der Waals surface area contributed by atoms with Gasteiger partial charge in [-0.1, -0.05) is 18.6 Å². The summed E-state index contributed by atoms with van der Waals surface area (Å²) in [6.45, 7) is 4.43. The molecule has 0 bridgehead atoms. The molecule has 0 aromatic carbocycles. The third-order valence-corrected chi connectivity index (χ3v) is 3.52. The Bertz CT molecular complexity index is 239. The van der Waals surface area contributed by atoms with Gasteiger partial charge >= 0.3 is 0 Å². The maximum absolute atomic E-state index is 11.4. The standard InChI is InChI=1S/C11H16O/c1-7-5-9-3-4-11(12)10(9)6-8(7)2/h6-7,9-10H,3-5H2,1-2H3/t7-,9-,10-/m0/s1. The maximum Gasteiger partial charge on any atom is 0.140 e. The van der Waals surface area contributed by atoms with Crippen LogP contribution in [0.15, 0.2) is 11.6 Å². The fraction of sp³-hybridized carbons (Fsp3) is 0.727. The minimum Gasteiger partial charge on any atom is -0.299 e. The lowest BCUT2D eigenvalue weighted by Gasteiger charge is -2.27. The molecule has 3 atom stereocenters. The van der Waals surface area contributed by atoms with Crippen LogP contribution in [0.2, 0.25) is 0 Å². The minimum absolute atomic E-state index is 0.293. The molecule has 0 saturated heterocycles. The number of hydrogen-bond acceptors (Lipinski definition) is 1. The molecule has 0 radical (unpaired) electrons. The number of ketones is 1. The predicted octanol–water partition coefficient (Wildman–Crippen LogP) is 2.57. The first-order chi connectivity index (χ1) is 5.68. The van der Waals surface area contributed by atoms with E-state index in [0.717, 1.165) is 12.8 Å². The van der Waals surface area contributed by atoms with Gasteiger partial charge in [-0.05, 0) is 31.6 Å². The Kier molecular flexibility index (Phi) is 1.82. The Morgan fingerprint density at radius 2 is 2.25 bits per heavy atom. The Balaban J connectivity index is 2.25. The normalized spacial score (nSPS) is 41.0. The smallest absolute Gasteiger partial charge is 0.140 e. The Labute approximate surface area is 73.8 Å². The average molecular weight is 164 g/mol. The molecule has 2 rings (SSSR count). The SMILES string of the molecule is CC1=C[C@@H]2C(=O)CC[C@H]2C[C@@H]1C. The Morgan fingerprint density at radius 3 is 3.00 bits per heavy atom. The first-order valence-corrected chi connectivity index (χ1v) is 4.89. The summed E-state index contributed by atoms with van der Waals surface area (Å²) >= 11 is 0. The van der Waals surface area contributed by atoms with Crippen LogP contribution in [0.1, 0.15) is 33.1 Å². The van der Waals surface area contributed by atoms with Crippen molar-refractivity contribution in [2.24, 2.45) is 17.8 Å². The third kappa shape index (κ3) is 1.12. The summed E-state index contributed by atoms with van der Waals surface area (Å²) in [5.41, 5.74) is 1.42. The van der Waals surface area contributed by atoms with Crippen molar-refractivity contribution < 1.29 is 4.79 Å². The Hall–Kier alpha value is -0.590. The molecule has 0 spiro atoms. The molecule has 66 valence electrons. The lowest BCUT2D eigenvalue weighted by molar-refractivity contribution is -0.120. The summed E-state index contributed by atoms with van der Waals surface area (Å²) in [4.78, 5) is 11.4. The molecular weight excluding hydrogens is 148 g/mol. The average Bonchev–Trinajstić information content (AvgIpc) is 2.35. The van der Waals surface area contributed by atoms with Gasteiger partial charge in [0.1, 0.15) is 5.78 Å². The van der Waals surface area contributed by atoms with E-state index >= 15 is 0 Å². The number of carbonyl (C=O) groups excluding carboxylic acids is 1. The molecule has 0 unspecified atom stereocenters. The van der Waals surface area contributed by atoms with Crippen LogP contribution in [0.4, 0.5) is 0 Å². The minimum atomic E-state index is 0.293. The first-order valence-electron chi connectivity index (χ1n) is 4.89. The zero-order valence-electron chi connectivity index (χ0n) is 7.84. The molecule has 2 aliphatic rings. The third-order valence-electron chi connectivity index (χ3n) is 3.52. The van der Waals surface area contributed by atoms with Gasteiger partial charge in [-0.15, -0.1) is 0 Å². The van der Waals surface area contributed by atoms with Crippen molar-refractivity contribution in [1.29, 1.82) is 0 Å². The largest absolute Gasteiger partial charge is 0.299 e. The van der Waals surface area contributed by atoms with Crippen molar-refractivity contribution >= 4 is 5.78 Å². The van der Waals surface area contributed by atoms with Crippen molar-refractivity contribution in [1.82, 2.24) is 0 Å². The molecule has 1 heteroatoms. The zero-order chi connectivity index (χ0) is 8.72. The molecule has 0 aromatic heterocycles. The van der Waals surface area contributed by atoms with Crippen LogP contribution in [0.5, 0.6) is 0 Å². The summed E-state index contributed by atoms with van der Waals surface area (Å²) < 4.78 is 0. The molecule has 1 fully saturated rings. The van der Waals surface area contributed by atoms with E-state index in [1.807, 2.05) is 0 Å². The van der Waals surface area contributed by atoms with Crippen molar-refractivity contribution in [3.05, 3.63) is 11.6 Å². The van der Waals surface area contributed by atoms with Crippen molar-refractivity contribution in [2.75, 3.05) is 0 Å². The van der Waals surface area contributed by atoms with E-state index in [1.54, 1.807) is 0 Å². The topological polar surface area (TPSA) is 17.1 Å². The summed E-state index contributed by atoms with van der Waals surface area (Å²) in [5, 5.41) is 0. The van der Waals surface area contributed by atoms with Crippen LogP contribution in [0, 0.1) is 17.8 Å². The Morgan fingerprint density at radius 1 is 1.50 bits per heavy atom. The van der Waals surface area contributed by atoms with Crippen molar-refractivity contribution in [3.63, 3.8) is 0 Å². The van der Waals surface area contributed by atoms with Crippen molar-refractivity contribution in [3.8, 4) is 0 Å². The monoisotopic (exact) mass is 164 g/mol. The second-order valence-corrected chi connectivity index (χ2v) is 4.34. The summed E-state index contributed by atoms with van der Waals surface area (Å²) in [7, 11) is 0. The van der Waals surface area contributed by atoms with Gasteiger partial charge in [0.25, 0.3) is 0 Å². The quantitative estimate of drug-likeness (QED) is 0.503. The highest BCUT2D eigenvalue weighted by Crippen LogP contribution is 2.40. The molecule has 1 saturated carbocycles. The fourth-order valence-corrected chi connectivity index (χ4v) is 2.52. The first kappa shape index (κ1) is 8.03. The van der Waals surface area contributed by atoms with E-state index in [9.17, 15) is 4.79 Å². The second-order valence-electron chi connectivity index (χ2n) is 4.34. The van der Waals surface area contributed by atoms with Gasteiger partial charge in [0.05, 0.1) is 0 Å². The highest BCUT2D eigenvalue weighted by Gasteiger charge is 2.36. The van der Waals surface area contributed by atoms with Gasteiger partial charge in [0, 0.05) is 12.3 Å². The summed E-state index contributed by atoms with van der Waals surface area (Å²) in [6, 6.07) is 0. The number of fused-ring (bicyclic) bond motifs is 1. The molecule has 2 aliphatic carbocycles. The van der Waals surface area contributed by atoms with E-state index < -0.39 is 0 Å². The molecular formula is C11H16O. The number of allylic oxidation sites excluding steroid dienone is 2. The number of Topliss-reactive ketones (excluding diaryl/α,β-unsaturated/α-hetero) is 1. The zero-order valence-corrected chi connectivity index (χ0v) is 7.84. The van der Waals surface area contributed by atoms with Crippen LogP contribution in [-0.4, -0.2) is 5.78 Å². The fourth-order valence-electron chi connectivity index (χ4n) is 2.52. The van der Waals surface area contributed by atoms with Crippen LogP contribution < -0.4 is 0 Å². The maximum atomic E-state index is 11.4. The number of carbonyl (C=O) groups is 1. The predicted molar refractivity (Wildman–Crippen MR) is 48.8 cm³/mol. The van der Waals surface area contributed by atoms with Gasteiger partial charge in [-0.3, -0.25) is 4.79 Å². The van der Waals surface area contributed by atoms with Gasteiger partial charge in [0.2, 0.25) is 0 Å². The summed E-state index contributed by atoms with van der Waals surface area (Å²) in [6.07, 6.45) is 5.41. The van der Waals surface area contributed by atoms with Crippen LogP contribution in [-0.2, 0) is 4.79 Å². The molecule has 0 N–H and O–H groups in total. The second kappa shape index (κ2) is 2.72. The number of rotatable bonds is 0. The molecule has 0 aromatic rings. The van der Waals surface area contributed by atoms with Gasteiger partial charge in [-0.25, -0.2) is 0 Å². The molecule has 0 heterocycles. The molecule has 12 heavy (non-hydrogen) atoms. The van der Waals surface area contributed by atoms with Gasteiger partial charge in [0.15, 0.2) is 0 Å². The molecule has 0 amide bonds. The lowest BCUT2D eigenvalue weighted by atomic mass is 9.78. The van der Waals surface area contributed by atoms with E-state index in [4.69, 9.17) is 0 Å². The van der Waals surface area contributed by atoms with Crippen molar-refractivity contribution in [2.45, 2.75) is 33.1 Å². The number of hydrogen-bond donors (Lipinski definition) is 0. The lowest BCUT2D eigenvalue weighted by Crippen LogP contribution is -2.20. The summed E-state index contributed by atoms with van der Waals surface area (Å²) in [5.74, 6) is 2.15. The highest BCUT2D eigenvalue weighted by molar-refractivity contribution is 5.85. The van der Waals surface area contributed by atoms with Gasteiger partial charge in [-0.2, -0.15) is 0 Å². The van der Waals surface area contributed by atoms with E-state index in [0.29, 0.717) is 23.5 Å². The molecule has 0 aliphatic heterocycles. The van der Waals surface area contributed by atoms with E-state index in [1.165, 1.54) is 12.0 Å². The van der Waals surface area contributed by atoms with Gasteiger partial charge < -0.3 is 0 Å². The van der Waals surface area contributed by atoms with Crippen LogP contribution in [0.25, 0.3) is 0 Å². The van der Waals surface area contributed by atoms with E-state index in [2.05, 4.69) is 19.9 Å².